The van der Waals surface area contributed by atoms with Gasteiger partial charge in [-0.3, -0.25) is 9.20 Å². The number of benzene rings is 1. The summed E-state index contributed by atoms with van der Waals surface area (Å²) in [4.78, 5) is 21.5. The van der Waals surface area contributed by atoms with E-state index in [-0.39, 0.29) is 5.91 Å². The summed E-state index contributed by atoms with van der Waals surface area (Å²) >= 11 is 8.88. The Balaban J connectivity index is 1.33. The molecule has 0 saturated carbocycles. The van der Waals surface area contributed by atoms with Crippen molar-refractivity contribution in [3.8, 4) is 5.75 Å². The first kappa shape index (κ1) is 17.3. The zero-order valence-corrected chi connectivity index (χ0v) is 16.4. The van der Waals surface area contributed by atoms with Crippen molar-refractivity contribution < 1.29 is 9.53 Å². The SMILES string of the molecule is CN(CCCOc1ccc(Cl)cc1)C(=O)c1cc2c(nc3sccn32)s1. The van der Waals surface area contributed by atoms with Crippen LogP contribution in [-0.4, -0.2) is 40.4 Å². The molecule has 4 rings (SSSR count). The van der Waals surface area contributed by atoms with Gasteiger partial charge in [-0.25, -0.2) is 4.98 Å². The number of hydrogen-bond acceptors (Lipinski definition) is 5. The van der Waals surface area contributed by atoms with Gasteiger partial charge in [-0.15, -0.1) is 22.7 Å². The summed E-state index contributed by atoms with van der Waals surface area (Å²) in [7, 11) is 1.82. The van der Waals surface area contributed by atoms with Gasteiger partial charge in [0.2, 0.25) is 0 Å². The lowest BCUT2D eigenvalue weighted by molar-refractivity contribution is 0.0792. The fourth-order valence-corrected chi connectivity index (χ4v) is 4.59. The summed E-state index contributed by atoms with van der Waals surface area (Å²) in [5.41, 5.74) is 0.995. The number of thiophene rings is 1. The molecule has 0 fully saturated rings. The Morgan fingerprint density at radius 3 is 2.96 bits per heavy atom. The summed E-state index contributed by atoms with van der Waals surface area (Å²) in [5, 5.41) is 2.68. The fraction of sp³-hybridized carbons (Fsp3) is 0.222. The largest absolute Gasteiger partial charge is 0.494 e. The van der Waals surface area contributed by atoms with Crippen LogP contribution in [0, 0.1) is 0 Å². The number of thiazole rings is 1. The number of halogens is 1. The van der Waals surface area contributed by atoms with E-state index in [1.807, 2.05) is 41.2 Å². The van der Waals surface area contributed by atoms with Crippen molar-refractivity contribution in [3.63, 3.8) is 0 Å². The highest BCUT2D eigenvalue weighted by Crippen LogP contribution is 2.28. The molecule has 0 bridgehead atoms. The van der Waals surface area contributed by atoms with Gasteiger partial charge in [0.1, 0.15) is 10.6 Å². The zero-order chi connectivity index (χ0) is 18.1. The molecular formula is C18H16ClN3O2S2. The van der Waals surface area contributed by atoms with Gasteiger partial charge in [0.15, 0.2) is 4.96 Å². The Labute approximate surface area is 163 Å². The first-order valence-electron chi connectivity index (χ1n) is 8.11. The maximum Gasteiger partial charge on any atom is 0.263 e. The minimum atomic E-state index is 0.0171. The topological polar surface area (TPSA) is 46.8 Å². The number of carbonyl (C=O) groups excluding carboxylic acids is 1. The zero-order valence-electron chi connectivity index (χ0n) is 14.0. The van der Waals surface area contributed by atoms with Gasteiger partial charge < -0.3 is 9.64 Å². The summed E-state index contributed by atoms with van der Waals surface area (Å²) in [5.74, 6) is 0.798. The van der Waals surface area contributed by atoms with Gasteiger partial charge in [0.05, 0.1) is 17.0 Å². The molecule has 0 unspecified atom stereocenters. The molecule has 1 amide bonds. The summed E-state index contributed by atoms with van der Waals surface area (Å²) in [6, 6.07) is 9.19. The minimum Gasteiger partial charge on any atom is -0.494 e. The number of rotatable bonds is 6. The summed E-state index contributed by atoms with van der Waals surface area (Å²) in [6.07, 6.45) is 2.73. The molecule has 3 aromatic heterocycles. The van der Waals surface area contributed by atoms with Gasteiger partial charge in [-0.05, 0) is 36.8 Å². The predicted molar refractivity (Wildman–Crippen MR) is 107 cm³/mol. The highest BCUT2D eigenvalue weighted by molar-refractivity contribution is 7.21. The Bertz CT molecular complexity index is 1050. The van der Waals surface area contributed by atoms with E-state index < -0.39 is 0 Å². The standard InChI is InChI=1S/C18H16ClN3O2S2/c1-21(7-2-9-24-13-5-3-12(19)4-6-13)17(23)15-11-14-16(26-15)20-18-22(14)8-10-25-18/h3-6,8,10-11H,2,7,9H2,1H3. The molecule has 1 aromatic carbocycles. The average Bonchev–Trinajstić information content (AvgIpc) is 3.31. The Morgan fingerprint density at radius 2 is 2.15 bits per heavy atom. The van der Waals surface area contributed by atoms with Crippen molar-refractivity contribution >= 4 is 55.5 Å². The molecule has 0 radical (unpaired) electrons. The van der Waals surface area contributed by atoms with Gasteiger partial charge in [-0.1, -0.05) is 11.6 Å². The van der Waals surface area contributed by atoms with Crippen LogP contribution in [-0.2, 0) is 0 Å². The molecule has 0 aliphatic heterocycles. The van der Waals surface area contributed by atoms with E-state index >= 15 is 0 Å². The highest BCUT2D eigenvalue weighted by Gasteiger charge is 2.17. The second kappa shape index (κ2) is 7.26. The lowest BCUT2D eigenvalue weighted by Crippen LogP contribution is -2.28. The van der Waals surface area contributed by atoms with Crippen LogP contribution in [0.15, 0.2) is 41.9 Å². The number of hydrogen-bond donors (Lipinski definition) is 0. The van der Waals surface area contributed by atoms with Gasteiger partial charge >= 0.3 is 0 Å². The molecule has 26 heavy (non-hydrogen) atoms. The smallest absolute Gasteiger partial charge is 0.263 e. The third kappa shape index (κ3) is 3.42. The number of amides is 1. The maximum atomic E-state index is 12.6. The van der Waals surface area contributed by atoms with Crippen LogP contribution in [0.4, 0.5) is 0 Å². The molecular weight excluding hydrogens is 390 g/mol. The van der Waals surface area contributed by atoms with E-state index in [9.17, 15) is 4.79 Å². The number of imidazole rings is 1. The van der Waals surface area contributed by atoms with Crippen LogP contribution in [0.2, 0.25) is 5.02 Å². The Morgan fingerprint density at radius 1 is 1.35 bits per heavy atom. The van der Waals surface area contributed by atoms with Crippen LogP contribution in [0.1, 0.15) is 16.1 Å². The van der Waals surface area contributed by atoms with Crippen molar-refractivity contribution in [2.24, 2.45) is 0 Å². The Hall–Kier alpha value is -2.09. The van der Waals surface area contributed by atoms with E-state index in [0.29, 0.717) is 23.1 Å². The third-order valence-corrected chi connectivity index (χ3v) is 6.03. The lowest BCUT2D eigenvalue weighted by Gasteiger charge is -2.16. The average molecular weight is 406 g/mol. The van der Waals surface area contributed by atoms with Crippen molar-refractivity contribution in [2.45, 2.75) is 6.42 Å². The first-order chi connectivity index (χ1) is 12.6. The van der Waals surface area contributed by atoms with Crippen LogP contribution in [0.3, 0.4) is 0 Å². The van der Waals surface area contributed by atoms with Crippen molar-refractivity contribution in [3.05, 3.63) is 51.8 Å². The molecule has 0 aliphatic rings. The van der Waals surface area contributed by atoms with E-state index in [2.05, 4.69) is 4.98 Å². The number of ether oxygens (including phenoxy) is 1. The molecule has 5 nitrogen and oxygen atoms in total. The Kier molecular flexibility index (Phi) is 4.84. The lowest BCUT2D eigenvalue weighted by atomic mass is 10.3. The summed E-state index contributed by atoms with van der Waals surface area (Å²) in [6.45, 7) is 1.17. The molecule has 8 heteroatoms. The molecule has 0 atom stereocenters. The van der Waals surface area contributed by atoms with Gasteiger partial charge in [0, 0.05) is 30.2 Å². The van der Waals surface area contributed by atoms with Crippen molar-refractivity contribution in [2.75, 3.05) is 20.2 Å². The molecule has 134 valence electrons. The summed E-state index contributed by atoms with van der Waals surface area (Å²) < 4.78 is 7.69. The van der Waals surface area contributed by atoms with Crippen molar-refractivity contribution in [1.29, 1.82) is 0 Å². The highest BCUT2D eigenvalue weighted by atomic mass is 35.5. The van der Waals surface area contributed by atoms with E-state index in [4.69, 9.17) is 16.3 Å². The predicted octanol–water partition coefficient (Wildman–Crippen LogP) is 4.81. The monoisotopic (exact) mass is 405 g/mol. The molecule has 0 N–H and O–H groups in total. The van der Waals surface area contributed by atoms with Crippen LogP contribution in [0.5, 0.6) is 5.75 Å². The third-order valence-electron chi connectivity index (χ3n) is 4.02. The normalized spacial score (nSPS) is 11.3. The number of fused-ring (bicyclic) bond motifs is 3. The van der Waals surface area contributed by atoms with Crippen molar-refractivity contribution in [1.82, 2.24) is 14.3 Å². The molecule has 0 saturated heterocycles. The van der Waals surface area contributed by atoms with Gasteiger partial charge in [0.25, 0.3) is 5.91 Å². The molecule has 3 heterocycles. The minimum absolute atomic E-state index is 0.0171. The fourth-order valence-electron chi connectivity index (χ4n) is 2.67. The number of nitrogens with zero attached hydrogens (tertiary/aromatic N) is 3. The van der Waals surface area contributed by atoms with E-state index in [1.54, 1.807) is 28.4 Å². The van der Waals surface area contributed by atoms with Crippen LogP contribution >= 0.6 is 34.3 Å². The van der Waals surface area contributed by atoms with Gasteiger partial charge in [-0.2, -0.15) is 0 Å². The van der Waals surface area contributed by atoms with E-state index in [1.165, 1.54) is 11.3 Å². The first-order valence-corrected chi connectivity index (χ1v) is 10.2. The molecule has 4 aromatic rings. The second-order valence-corrected chi connectivity index (χ2v) is 8.19. The molecule has 0 spiro atoms. The van der Waals surface area contributed by atoms with Crippen LogP contribution < -0.4 is 4.74 Å². The van der Waals surface area contributed by atoms with E-state index in [0.717, 1.165) is 27.5 Å². The number of carbonyl (C=O) groups is 1. The second-order valence-electron chi connectivity index (χ2n) is 5.85. The molecule has 0 aliphatic carbocycles. The quantitative estimate of drug-likeness (QED) is 0.432. The van der Waals surface area contributed by atoms with Crippen LogP contribution in [0.25, 0.3) is 15.3 Å². The maximum absolute atomic E-state index is 12.6. The number of aromatic nitrogens is 2.